The Bertz CT molecular complexity index is 705. The Kier molecular flexibility index (Phi) is 4.49. The molecule has 0 saturated heterocycles. The fourth-order valence-corrected chi connectivity index (χ4v) is 2.02. The third-order valence-corrected chi connectivity index (χ3v) is 2.99. The number of nitro benzene ring substituents is 1. The van der Waals surface area contributed by atoms with Crippen molar-refractivity contribution in [3.05, 3.63) is 62.4 Å². The normalized spacial score (nSPS) is 10.1. The van der Waals surface area contributed by atoms with E-state index < -0.39 is 16.6 Å². The van der Waals surface area contributed by atoms with E-state index in [1.807, 2.05) is 0 Å². The lowest BCUT2D eigenvalue weighted by Crippen LogP contribution is -2.02. The number of benzene rings is 1. The van der Waals surface area contributed by atoms with Gasteiger partial charge >= 0.3 is 11.7 Å². The molecular formula is C13H9BrN2O5. The van der Waals surface area contributed by atoms with Crippen LogP contribution in [0.4, 0.5) is 5.69 Å². The zero-order chi connectivity index (χ0) is 15.4. The number of rotatable bonds is 5. The molecule has 8 heteroatoms. The van der Waals surface area contributed by atoms with Crippen molar-refractivity contribution in [3.8, 4) is 5.75 Å². The van der Waals surface area contributed by atoms with Crippen molar-refractivity contribution in [2.75, 3.05) is 0 Å². The molecule has 1 aromatic heterocycles. The first-order valence-corrected chi connectivity index (χ1v) is 6.50. The van der Waals surface area contributed by atoms with E-state index in [0.29, 0.717) is 0 Å². The van der Waals surface area contributed by atoms with Gasteiger partial charge in [-0.1, -0.05) is 0 Å². The first-order chi connectivity index (χ1) is 9.97. The quantitative estimate of drug-likeness (QED) is 0.655. The van der Waals surface area contributed by atoms with Gasteiger partial charge in [-0.2, -0.15) is 0 Å². The molecule has 0 atom stereocenters. The van der Waals surface area contributed by atoms with Crippen LogP contribution in [0.15, 0.2) is 41.1 Å². The molecule has 1 aromatic carbocycles. The fraction of sp³-hybridized carbons (Fsp3) is 0.0769. The van der Waals surface area contributed by atoms with Gasteiger partial charge in [-0.3, -0.25) is 15.1 Å². The fourth-order valence-electron chi connectivity index (χ4n) is 1.61. The van der Waals surface area contributed by atoms with Crippen LogP contribution in [0.2, 0.25) is 0 Å². The standard InChI is InChI=1S/C13H9BrN2O5/c14-10-3-8(5-15-6-10)7-21-12-2-1-9(13(17)18)4-11(12)16(19)20/h1-6H,7H2,(H,17,18). The average Bonchev–Trinajstić information content (AvgIpc) is 2.44. The van der Waals surface area contributed by atoms with E-state index in [1.54, 1.807) is 18.5 Å². The molecule has 0 spiro atoms. The van der Waals surface area contributed by atoms with Gasteiger partial charge in [0.15, 0.2) is 5.75 Å². The van der Waals surface area contributed by atoms with Gasteiger partial charge in [0.1, 0.15) is 6.61 Å². The lowest BCUT2D eigenvalue weighted by atomic mass is 10.2. The Morgan fingerprint density at radius 2 is 2.14 bits per heavy atom. The second-order valence-corrected chi connectivity index (χ2v) is 4.96. The molecule has 0 saturated carbocycles. The number of aromatic carboxylic acids is 1. The summed E-state index contributed by atoms with van der Waals surface area (Å²) in [5.74, 6) is -1.23. The molecule has 0 radical (unpaired) electrons. The topological polar surface area (TPSA) is 103 Å². The van der Waals surface area contributed by atoms with Gasteiger partial charge in [0.25, 0.3) is 0 Å². The van der Waals surface area contributed by atoms with Crippen molar-refractivity contribution in [1.82, 2.24) is 4.98 Å². The maximum absolute atomic E-state index is 11.0. The largest absolute Gasteiger partial charge is 0.482 e. The molecule has 0 aliphatic heterocycles. The summed E-state index contributed by atoms with van der Waals surface area (Å²) in [7, 11) is 0. The minimum Gasteiger partial charge on any atom is -0.482 e. The van der Waals surface area contributed by atoms with Crippen molar-refractivity contribution in [2.45, 2.75) is 6.61 Å². The number of pyridine rings is 1. The predicted octanol–water partition coefficient (Wildman–Crippen LogP) is 3.03. The second kappa shape index (κ2) is 6.31. The Morgan fingerprint density at radius 1 is 1.38 bits per heavy atom. The van der Waals surface area contributed by atoms with Crippen LogP contribution in [0.3, 0.4) is 0 Å². The van der Waals surface area contributed by atoms with Gasteiger partial charge in [-0.05, 0) is 34.1 Å². The SMILES string of the molecule is O=C(O)c1ccc(OCc2cncc(Br)c2)c([N+](=O)[O-])c1. The van der Waals surface area contributed by atoms with Crippen LogP contribution in [0, 0.1) is 10.1 Å². The first-order valence-electron chi connectivity index (χ1n) is 5.71. The zero-order valence-corrected chi connectivity index (χ0v) is 12.1. The third-order valence-electron chi connectivity index (χ3n) is 2.56. The minimum atomic E-state index is -1.24. The number of hydrogen-bond acceptors (Lipinski definition) is 5. The number of nitrogens with zero attached hydrogens (tertiary/aromatic N) is 2. The minimum absolute atomic E-state index is 0.00461. The molecule has 0 aliphatic carbocycles. The maximum Gasteiger partial charge on any atom is 0.335 e. The smallest absolute Gasteiger partial charge is 0.335 e. The van der Waals surface area contributed by atoms with Crippen molar-refractivity contribution >= 4 is 27.6 Å². The number of aromatic nitrogens is 1. The van der Waals surface area contributed by atoms with E-state index in [1.165, 1.54) is 12.1 Å². The van der Waals surface area contributed by atoms with Gasteiger partial charge in [0, 0.05) is 28.5 Å². The number of ether oxygens (including phenoxy) is 1. The van der Waals surface area contributed by atoms with E-state index in [9.17, 15) is 14.9 Å². The summed E-state index contributed by atoms with van der Waals surface area (Å²) in [6, 6.07) is 5.26. The molecule has 1 heterocycles. The summed E-state index contributed by atoms with van der Waals surface area (Å²) >= 11 is 3.26. The van der Waals surface area contributed by atoms with Crippen molar-refractivity contribution in [2.24, 2.45) is 0 Å². The van der Waals surface area contributed by atoms with Crippen LogP contribution < -0.4 is 4.74 Å². The lowest BCUT2D eigenvalue weighted by molar-refractivity contribution is -0.386. The average molecular weight is 353 g/mol. The number of carbonyl (C=O) groups is 1. The molecule has 108 valence electrons. The second-order valence-electron chi connectivity index (χ2n) is 4.04. The van der Waals surface area contributed by atoms with Crippen molar-refractivity contribution < 1.29 is 19.6 Å². The molecule has 2 aromatic rings. The highest BCUT2D eigenvalue weighted by Gasteiger charge is 2.18. The van der Waals surface area contributed by atoms with Crippen LogP contribution in [0.5, 0.6) is 5.75 Å². The van der Waals surface area contributed by atoms with Gasteiger partial charge < -0.3 is 9.84 Å². The Morgan fingerprint density at radius 3 is 2.76 bits per heavy atom. The number of carboxylic acids is 1. The molecule has 1 N–H and O–H groups in total. The molecule has 7 nitrogen and oxygen atoms in total. The molecule has 0 fully saturated rings. The Balaban J connectivity index is 2.23. The highest BCUT2D eigenvalue weighted by molar-refractivity contribution is 9.10. The lowest BCUT2D eigenvalue weighted by Gasteiger charge is -2.07. The molecule has 0 aliphatic rings. The van der Waals surface area contributed by atoms with Crippen LogP contribution in [0.1, 0.15) is 15.9 Å². The third kappa shape index (κ3) is 3.76. The molecule has 2 rings (SSSR count). The van der Waals surface area contributed by atoms with E-state index >= 15 is 0 Å². The first kappa shape index (κ1) is 14.9. The van der Waals surface area contributed by atoms with Crippen LogP contribution in [0.25, 0.3) is 0 Å². The molecule has 0 bridgehead atoms. The van der Waals surface area contributed by atoms with Gasteiger partial charge in [-0.25, -0.2) is 4.79 Å². The summed E-state index contributed by atoms with van der Waals surface area (Å²) in [6.45, 7) is 0.0830. The van der Waals surface area contributed by atoms with E-state index in [4.69, 9.17) is 9.84 Å². The van der Waals surface area contributed by atoms with Gasteiger partial charge in [0.2, 0.25) is 0 Å². The molecule has 21 heavy (non-hydrogen) atoms. The highest BCUT2D eigenvalue weighted by Crippen LogP contribution is 2.28. The molecule has 0 unspecified atom stereocenters. The molecule has 0 amide bonds. The summed E-state index contributed by atoms with van der Waals surface area (Å²) < 4.78 is 6.14. The van der Waals surface area contributed by atoms with E-state index in [2.05, 4.69) is 20.9 Å². The Hall–Kier alpha value is -2.48. The zero-order valence-electron chi connectivity index (χ0n) is 10.5. The van der Waals surface area contributed by atoms with E-state index in [0.717, 1.165) is 16.1 Å². The van der Waals surface area contributed by atoms with Gasteiger partial charge in [-0.15, -0.1) is 0 Å². The monoisotopic (exact) mass is 352 g/mol. The number of carboxylic acid groups (broad SMARTS) is 1. The molecular weight excluding hydrogens is 344 g/mol. The van der Waals surface area contributed by atoms with Crippen LogP contribution in [-0.2, 0) is 6.61 Å². The van der Waals surface area contributed by atoms with Crippen molar-refractivity contribution in [3.63, 3.8) is 0 Å². The Labute approximate surface area is 127 Å². The van der Waals surface area contributed by atoms with Crippen molar-refractivity contribution in [1.29, 1.82) is 0 Å². The maximum atomic E-state index is 11.0. The number of halogens is 1. The number of hydrogen-bond donors (Lipinski definition) is 1. The predicted molar refractivity (Wildman–Crippen MR) is 76.3 cm³/mol. The van der Waals surface area contributed by atoms with Crippen LogP contribution >= 0.6 is 15.9 Å². The summed E-state index contributed by atoms with van der Waals surface area (Å²) in [4.78, 5) is 25.1. The summed E-state index contributed by atoms with van der Waals surface area (Å²) in [5, 5.41) is 19.8. The van der Waals surface area contributed by atoms with Gasteiger partial charge in [0.05, 0.1) is 10.5 Å². The summed E-state index contributed by atoms with van der Waals surface area (Å²) in [5.41, 5.74) is 0.164. The van der Waals surface area contributed by atoms with E-state index in [-0.39, 0.29) is 17.9 Å². The highest BCUT2D eigenvalue weighted by atomic mass is 79.9. The van der Waals surface area contributed by atoms with Crippen LogP contribution in [-0.4, -0.2) is 21.0 Å². The number of nitro groups is 1. The summed E-state index contributed by atoms with van der Waals surface area (Å²) in [6.07, 6.45) is 3.18.